The zero-order valence-corrected chi connectivity index (χ0v) is 17.7. The lowest BCUT2D eigenvalue weighted by Crippen LogP contribution is -2.59. The highest BCUT2D eigenvalue weighted by molar-refractivity contribution is 5.74. The van der Waals surface area contributed by atoms with Gasteiger partial charge < -0.3 is 49.5 Å². The molecular formula is C18H26N3O10-5. The number of carboxylic acid groups (broad SMARTS) is 5. The van der Waals surface area contributed by atoms with Gasteiger partial charge in [-0.2, -0.15) is 0 Å². The Kier molecular flexibility index (Phi) is 11.7. The number of rotatable bonds is 16. The molecular weight excluding hydrogens is 418 g/mol. The third-order valence-corrected chi connectivity index (χ3v) is 4.23. The van der Waals surface area contributed by atoms with E-state index >= 15 is 0 Å². The van der Waals surface area contributed by atoms with Crippen molar-refractivity contribution in [2.45, 2.75) is 26.8 Å². The summed E-state index contributed by atoms with van der Waals surface area (Å²) in [6, 6.07) is -1.33. The molecule has 178 valence electrons. The average molecular weight is 444 g/mol. The van der Waals surface area contributed by atoms with Crippen LogP contribution in [0, 0.1) is 5.41 Å². The van der Waals surface area contributed by atoms with Gasteiger partial charge in [0, 0.05) is 52.4 Å². The van der Waals surface area contributed by atoms with E-state index in [0.717, 1.165) is 9.80 Å². The van der Waals surface area contributed by atoms with Gasteiger partial charge in [0.05, 0.1) is 35.9 Å². The van der Waals surface area contributed by atoms with E-state index in [1.54, 1.807) is 20.8 Å². The highest BCUT2D eigenvalue weighted by atomic mass is 16.4. The summed E-state index contributed by atoms with van der Waals surface area (Å²) in [6.07, 6.45) is 0. The van der Waals surface area contributed by atoms with Crippen LogP contribution in [0.1, 0.15) is 20.8 Å². The van der Waals surface area contributed by atoms with Crippen molar-refractivity contribution in [2.75, 3.05) is 52.4 Å². The van der Waals surface area contributed by atoms with Crippen molar-refractivity contribution >= 4 is 29.8 Å². The van der Waals surface area contributed by atoms with E-state index in [1.165, 1.54) is 4.90 Å². The molecule has 13 nitrogen and oxygen atoms in total. The van der Waals surface area contributed by atoms with Gasteiger partial charge in [-0.25, -0.2) is 0 Å². The first kappa shape index (κ1) is 28.2. The molecule has 0 aromatic carbocycles. The van der Waals surface area contributed by atoms with Crippen molar-refractivity contribution in [3.05, 3.63) is 0 Å². The SMILES string of the molecule is CC(C)(C)C(C(=O)[O-])N(CCN(CCN(CC(=O)[O-])CC(=O)[O-])CC(=O)[O-])CC(=O)[O-]. The van der Waals surface area contributed by atoms with Gasteiger partial charge >= 0.3 is 0 Å². The van der Waals surface area contributed by atoms with Crippen LogP contribution in [0.3, 0.4) is 0 Å². The van der Waals surface area contributed by atoms with Crippen LogP contribution in [0.2, 0.25) is 0 Å². The molecule has 0 aliphatic rings. The van der Waals surface area contributed by atoms with Crippen LogP contribution in [0.5, 0.6) is 0 Å². The normalized spacial score (nSPS) is 12.8. The van der Waals surface area contributed by atoms with E-state index in [-0.39, 0.29) is 26.2 Å². The Morgan fingerprint density at radius 2 is 0.968 bits per heavy atom. The molecule has 0 spiro atoms. The van der Waals surface area contributed by atoms with Gasteiger partial charge in [0.2, 0.25) is 0 Å². The highest BCUT2D eigenvalue weighted by Gasteiger charge is 2.31. The molecule has 0 aliphatic carbocycles. The Bertz CT molecular complexity index is 645. The van der Waals surface area contributed by atoms with E-state index in [0.29, 0.717) is 0 Å². The van der Waals surface area contributed by atoms with E-state index in [1.807, 2.05) is 0 Å². The maximum Gasteiger partial charge on any atom is 0.0592 e. The Balaban J connectivity index is 5.38. The molecule has 0 amide bonds. The zero-order chi connectivity index (χ0) is 24.4. The van der Waals surface area contributed by atoms with E-state index in [9.17, 15) is 49.5 Å². The van der Waals surface area contributed by atoms with Crippen LogP contribution in [0.25, 0.3) is 0 Å². The molecule has 1 unspecified atom stereocenters. The summed E-state index contributed by atoms with van der Waals surface area (Å²) >= 11 is 0. The lowest BCUT2D eigenvalue weighted by Gasteiger charge is -2.42. The Morgan fingerprint density at radius 3 is 1.32 bits per heavy atom. The average Bonchev–Trinajstić information content (AvgIpc) is 2.53. The van der Waals surface area contributed by atoms with Crippen LogP contribution >= 0.6 is 0 Å². The highest BCUT2D eigenvalue weighted by Crippen LogP contribution is 2.24. The minimum Gasteiger partial charge on any atom is -0.549 e. The summed E-state index contributed by atoms with van der Waals surface area (Å²) in [7, 11) is 0. The standard InChI is InChI=1S/C18H31N3O10/c1-18(2,3)16(17(30)31)21(11-15(28)29)7-6-19(8-12(22)23)4-5-20(9-13(24)25)10-14(26)27/h16H,4-11H2,1-3H3,(H,22,23)(H,24,25)(H,26,27)(H,28,29)(H,30,31)/p-5. The number of carboxylic acids is 5. The van der Waals surface area contributed by atoms with Crippen LogP contribution in [-0.4, -0.2) is 103 Å². The molecule has 0 N–H and O–H groups in total. The number of hydrogen-bond acceptors (Lipinski definition) is 13. The lowest BCUT2D eigenvalue weighted by atomic mass is 9.85. The second-order valence-electron chi connectivity index (χ2n) is 8.03. The summed E-state index contributed by atoms with van der Waals surface area (Å²) in [6.45, 7) is 1.13. The fourth-order valence-electron chi connectivity index (χ4n) is 3.10. The van der Waals surface area contributed by atoms with Crippen molar-refractivity contribution in [2.24, 2.45) is 5.41 Å². The number of carbonyl (C=O) groups excluding carboxylic acids is 5. The monoisotopic (exact) mass is 444 g/mol. The van der Waals surface area contributed by atoms with E-state index in [4.69, 9.17) is 0 Å². The molecule has 0 radical (unpaired) electrons. The van der Waals surface area contributed by atoms with Crippen LogP contribution in [0.15, 0.2) is 0 Å². The van der Waals surface area contributed by atoms with Gasteiger partial charge in [-0.1, -0.05) is 20.8 Å². The van der Waals surface area contributed by atoms with Gasteiger partial charge in [-0.05, 0) is 5.41 Å². The topological polar surface area (TPSA) is 210 Å². The fraction of sp³-hybridized carbons (Fsp3) is 0.722. The van der Waals surface area contributed by atoms with Crippen molar-refractivity contribution < 1.29 is 49.5 Å². The minimum absolute atomic E-state index is 0.140. The van der Waals surface area contributed by atoms with Crippen molar-refractivity contribution in [3.63, 3.8) is 0 Å². The summed E-state index contributed by atoms with van der Waals surface area (Å²) in [5, 5.41) is 55.2. The Labute approximate surface area is 179 Å². The second kappa shape index (κ2) is 12.8. The van der Waals surface area contributed by atoms with Crippen molar-refractivity contribution in [1.82, 2.24) is 14.7 Å². The number of nitrogens with zero attached hydrogens (tertiary/aromatic N) is 3. The van der Waals surface area contributed by atoms with Gasteiger partial charge in [0.15, 0.2) is 0 Å². The van der Waals surface area contributed by atoms with Crippen LogP contribution in [-0.2, 0) is 24.0 Å². The van der Waals surface area contributed by atoms with Gasteiger partial charge in [-0.15, -0.1) is 0 Å². The maximum absolute atomic E-state index is 11.6. The second-order valence-corrected chi connectivity index (χ2v) is 8.03. The third kappa shape index (κ3) is 12.5. The largest absolute Gasteiger partial charge is 0.549 e. The van der Waals surface area contributed by atoms with Gasteiger partial charge in [-0.3, -0.25) is 14.7 Å². The predicted molar refractivity (Wildman–Crippen MR) is 92.7 cm³/mol. The smallest absolute Gasteiger partial charge is 0.0592 e. The molecule has 0 rings (SSSR count). The molecule has 0 fully saturated rings. The molecule has 0 saturated heterocycles. The summed E-state index contributed by atoms with van der Waals surface area (Å²) in [4.78, 5) is 58.5. The number of hydrogen-bond donors (Lipinski definition) is 0. The molecule has 13 heteroatoms. The summed E-state index contributed by atoms with van der Waals surface area (Å²) < 4.78 is 0. The first-order valence-corrected chi connectivity index (χ1v) is 9.32. The molecule has 0 aromatic heterocycles. The summed E-state index contributed by atoms with van der Waals surface area (Å²) in [5.41, 5.74) is -0.923. The first-order chi connectivity index (χ1) is 14.1. The van der Waals surface area contributed by atoms with E-state index in [2.05, 4.69) is 0 Å². The van der Waals surface area contributed by atoms with Crippen LogP contribution in [0.4, 0.5) is 0 Å². The maximum atomic E-state index is 11.6. The van der Waals surface area contributed by atoms with Crippen molar-refractivity contribution in [1.29, 1.82) is 0 Å². The molecule has 0 bridgehead atoms. The number of aliphatic carboxylic acids is 5. The molecule has 0 aromatic rings. The quantitative estimate of drug-likeness (QED) is 0.217. The predicted octanol–water partition coefficient (Wildman–Crippen LogP) is -7.94. The molecule has 0 aliphatic heterocycles. The Hall–Kier alpha value is -2.77. The van der Waals surface area contributed by atoms with Crippen LogP contribution < -0.4 is 25.5 Å². The first-order valence-electron chi connectivity index (χ1n) is 9.32. The third-order valence-electron chi connectivity index (χ3n) is 4.23. The molecule has 0 saturated carbocycles. The Morgan fingerprint density at radius 1 is 0.613 bits per heavy atom. The summed E-state index contributed by atoms with van der Waals surface area (Å²) in [5.74, 6) is -7.65. The van der Waals surface area contributed by atoms with Crippen molar-refractivity contribution in [3.8, 4) is 0 Å². The lowest BCUT2D eigenvalue weighted by molar-refractivity contribution is -0.319. The molecule has 0 heterocycles. The van der Waals surface area contributed by atoms with Gasteiger partial charge in [0.1, 0.15) is 0 Å². The van der Waals surface area contributed by atoms with Gasteiger partial charge in [0.25, 0.3) is 0 Å². The molecule has 1 atom stereocenters. The fourth-order valence-corrected chi connectivity index (χ4v) is 3.10. The van der Waals surface area contributed by atoms with E-state index < -0.39 is 67.5 Å². The zero-order valence-electron chi connectivity index (χ0n) is 17.7. The minimum atomic E-state index is -1.55. The number of carbonyl (C=O) groups is 5. The molecule has 31 heavy (non-hydrogen) atoms.